The maximum atomic E-state index is 13.0. The minimum absolute atomic E-state index is 0.0227. The second kappa shape index (κ2) is 9.06. The molecule has 0 fully saturated rings. The van der Waals surface area contributed by atoms with Crippen molar-refractivity contribution >= 4 is 29.0 Å². The standard InChI is InChI=1S/C24H19Cl2NO/c1-16-4-2-3-5-21(16)23(15-27)22(17-6-10-19(25)11-7-17)14-24(28)18-8-12-20(26)13-9-18/h2-13,22-23H,14H2,1H3/t22-,23-/m0/s1. The third-order valence-corrected chi connectivity index (χ3v) is 5.44. The van der Waals surface area contributed by atoms with Crippen LogP contribution < -0.4 is 0 Å². The number of hydrogen-bond donors (Lipinski definition) is 0. The molecule has 3 aromatic rings. The number of Topliss-reactive ketones (excluding diaryl/α,β-unsaturated/α-hetero) is 1. The fourth-order valence-corrected chi connectivity index (χ4v) is 3.66. The van der Waals surface area contributed by atoms with Crippen molar-refractivity contribution in [3.05, 3.63) is 105 Å². The monoisotopic (exact) mass is 407 g/mol. The van der Waals surface area contributed by atoms with E-state index in [0.717, 1.165) is 16.7 Å². The third-order valence-electron chi connectivity index (χ3n) is 4.93. The molecule has 0 radical (unpaired) electrons. The van der Waals surface area contributed by atoms with E-state index < -0.39 is 5.92 Å². The number of carbonyl (C=O) groups excluding carboxylic acids is 1. The largest absolute Gasteiger partial charge is 0.294 e. The molecule has 3 rings (SSSR count). The maximum absolute atomic E-state index is 13.0. The fraction of sp³-hybridized carbons (Fsp3) is 0.167. The van der Waals surface area contributed by atoms with Gasteiger partial charge in [-0.25, -0.2) is 0 Å². The van der Waals surface area contributed by atoms with Crippen LogP contribution in [0.15, 0.2) is 72.8 Å². The molecule has 0 bridgehead atoms. The smallest absolute Gasteiger partial charge is 0.163 e. The molecule has 3 aromatic carbocycles. The molecule has 0 aliphatic heterocycles. The second-order valence-corrected chi connectivity index (χ2v) is 7.63. The topological polar surface area (TPSA) is 40.9 Å². The molecule has 4 heteroatoms. The second-order valence-electron chi connectivity index (χ2n) is 6.76. The number of nitrogens with zero attached hydrogens (tertiary/aromatic N) is 1. The molecule has 0 saturated carbocycles. The lowest BCUT2D eigenvalue weighted by atomic mass is 9.77. The highest BCUT2D eigenvalue weighted by Crippen LogP contribution is 2.38. The SMILES string of the molecule is Cc1ccccc1[C@H](C#N)[C@@H](CC(=O)c1ccc(Cl)cc1)c1ccc(Cl)cc1. The Balaban J connectivity index is 2.00. The number of ketones is 1. The molecule has 0 saturated heterocycles. The Bertz CT molecular complexity index is 1000. The first-order valence-electron chi connectivity index (χ1n) is 8.99. The predicted molar refractivity (Wildman–Crippen MR) is 114 cm³/mol. The third kappa shape index (κ3) is 4.62. The van der Waals surface area contributed by atoms with E-state index >= 15 is 0 Å². The van der Waals surface area contributed by atoms with Gasteiger partial charge in [-0.05, 0) is 60.0 Å². The molecule has 0 amide bonds. The Morgan fingerprint density at radius 2 is 1.50 bits per heavy atom. The minimum Gasteiger partial charge on any atom is -0.294 e. The summed E-state index contributed by atoms with van der Waals surface area (Å²) in [6, 6.07) is 24.5. The normalized spacial score (nSPS) is 12.8. The molecule has 0 heterocycles. The van der Waals surface area contributed by atoms with Gasteiger partial charge in [0.2, 0.25) is 0 Å². The fourth-order valence-electron chi connectivity index (χ4n) is 3.40. The van der Waals surface area contributed by atoms with E-state index in [0.29, 0.717) is 15.6 Å². The van der Waals surface area contributed by atoms with Gasteiger partial charge in [-0.3, -0.25) is 4.79 Å². The van der Waals surface area contributed by atoms with Crippen LogP contribution in [0.1, 0.15) is 45.3 Å². The van der Waals surface area contributed by atoms with Crippen LogP contribution in [0.2, 0.25) is 10.0 Å². The first kappa shape index (κ1) is 20.1. The average Bonchev–Trinajstić information content (AvgIpc) is 2.70. The van der Waals surface area contributed by atoms with Gasteiger partial charge in [-0.15, -0.1) is 0 Å². The molecule has 2 nitrogen and oxygen atoms in total. The number of rotatable bonds is 6. The zero-order valence-electron chi connectivity index (χ0n) is 15.4. The van der Waals surface area contributed by atoms with Gasteiger partial charge in [0.05, 0.1) is 12.0 Å². The van der Waals surface area contributed by atoms with Gasteiger partial charge in [-0.1, -0.05) is 59.6 Å². The van der Waals surface area contributed by atoms with E-state index in [-0.39, 0.29) is 18.1 Å². The lowest BCUT2D eigenvalue weighted by Gasteiger charge is -2.24. The summed E-state index contributed by atoms with van der Waals surface area (Å²) in [5.41, 5.74) is 3.48. The maximum Gasteiger partial charge on any atom is 0.163 e. The molecule has 0 spiro atoms. The highest BCUT2D eigenvalue weighted by Gasteiger charge is 2.28. The summed E-state index contributed by atoms with van der Waals surface area (Å²) in [6.45, 7) is 1.99. The van der Waals surface area contributed by atoms with Crippen LogP contribution >= 0.6 is 23.2 Å². The summed E-state index contributed by atoms with van der Waals surface area (Å²) in [6.07, 6.45) is 0.218. The Morgan fingerprint density at radius 1 is 0.929 bits per heavy atom. The number of hydrogen-bond acceptors (Lipinski definition) is 2. The number of halogens is 2. The molecule has 0 aliphatic rings. The van der Waals surface area contributed by atoms with Gasteiger partial charge >= 0.3 is 0 Å². The van der Waals surface area contributed by atoms with Crippen molar-refractivity contribution in [3.8, 4) is 6.07 Å². The van der Waals surface area contributed by atoms with Crippen molar-refractivity contribution in [2.45, 2.75) is 25.2 Å². The average molecular weight is 408 g/mol. The van der Waals surface area contributed by atoms with Gasteiger partial charge in [0.15, 0.2) is 5.78 Å². The van der Waals surface area contributed by atoms with Crippen LogP contribution in [-0.4, -0.2) is 5.78 Å². The Hall–Kier alpha value is -2.60. The first-order valence-corrected chi connectivity index (χ1v) is 9.74. The number of aryl methyl sites for hydroxylation is 1. The molecule has 2 atom stereocenters. The number of benzene rings is 3. The summed E-state index contributed by atoms with van der Waals surface area (Å²) in [7, 11) is 0. The molecular formula is C24H19Cl2NO. The Labute approximate surface area is 175 Å². The van der Waals surface area contributed by atoms with E-state index in [2.05, 4.69) is 6.07 Å². The van der Waals surface area contributed by atoms with E-state index in [4.69, 9.17) is 23.2 Å². The quantitative estimate of drug-likeness (QED) is 0.414. The number of carbonyl (C=O) groups is 1. The summed E-state index contributed by atoms with van der Waals surface area (Å²) in [5, 5.41) is 11.2. The summed E-state index contributed by atoms with van der Waals surface area (Å²) in [4.78, 5) is 13.0. The Morgan fingerprint density at radius 3 is 2.07 bits per heavy atom. The van der Waals surface area contributed by atoms with Crippen molar-refractivity contribution in [1.29, 1.82) is 5.26 Å². The first-order chi connectivity index (χ1) is 13.5. The number of nitriles is 1. The van der Waals surface area contributed by atoms with Crippen molar-refractivity contribution in [3.63, 3.8) is 0 Å². The van der Waals surface area contributed by atoms with Gasteiger partial charge in [0.1, 0.15) is 0 Å². The lowest BCUT2D eigenvalue weighted by Crippen LogP contribution is -2.16. The summed E-state index contributed by atoms with van der Waals surface area (Å²) < 4.78 is 0. The molecular weight excluding hydrogens is 389 g/mol. The highest BCUT2D eigenvalue weighted by atomic mass is 35.5. The predicted octanol–water partition coefficient (Wildman–Crippen LogP) is 6.97. The van der Waals surface area contributed by atoms with Gasteiger partial charge in [0, 0.05) is 27.9 Å². The van der Waals surface area contributed by atoms with Gasteiger partial charge in [-0.2, -0.15) is 5.26 Å². The van der Waals surface area contributed by atoms with E-state index in [9.17, 15) is 10.1 Å². The van der Waals surface area contributed by atoms with E-state index in [1.807, 2.05) is 43.3 Å². The van der Waals surface area contributed by atoms with Gasteiger partial charge < -0.3 is 0 Å². The van der Waals surface area contributed by atoms with Crippen molar-refractivity contribution < 1.29 is 4.79 Å². The molecule has 0 unspecified atom stereocenters. The van der Waals surface area contributed by atoms with Crippen molar-refractivity contribution in [2.24, 2.45) is 0 Å². The molecule has 0 aliphatic carbocycles. The van der Waals surface area contributed by atoms with Crippen LogP contribution in [0, 0.1) is 18.3 Å². The summed E-state index contributed by atoms with van der Waals surface area (Å²) >= 11 is 12.0. The zero-order chi connectivity index (χ0) is 20.1. The summed E-state index contributed by atoms with van der Waals surface area (Å²) in [5.74, 6) is -0.754. The van der Waals surface area contributed by atoms with E-state index in [1.54, 1.807) is 36.4 Å². The zero-order valence-corrected chi connectivity index (χ0v) is 16.9. The van der Waals surface area contributed by atoms with Crippen LogP contribution in [-0.2, 0) is 0 Å². The van der Waals surface area contributed by atoms with Crippen molar-refractivity contribution in [1.82, 2.24) is 0 Å². The van der Waals surface area contributed by atoms with Crippen LogP contribution in [0.5, 0.6) is 0 Å². The van der Waals surface area contributed by atoms with Gasteiger partial charge in [0.25, 0.3) is 0 Å². The molecule has 28 heavy (non-hydrogen) atoms. The van der Waals surface area contributed by atoms with Crippen molar-refractivity contribution in [2.75, 3.05) is 0 Å². The molecule has 0 N–H and O–H groups in total. The van der Waals surface area contributed by atoms with Crippen LogP contribution in [0.25, 0.3) is 0 Å². The minimum atomic E-state index is -0.446. The lowest BCUT2D eigenvalue weighted by molar-refractivity contribution is 0.0971. The highest BCUT2D eigenvalue weighted by molar-refractivity contribution is 6.30. The Kier molecular flexibility index (Phi) is 6.52. The molecule has 0 aromatic heterocycles. The van der Waals surface area contributed by atoms with E-state index in [1.165, 1.54) is 0 Å². The molecule has 140 valence electrons. The van der Waals surface area contributed by atoms with Crippen LogP contribution in [0.4, 0.5) is 0 Å². The van der Waals surface area contributed by atoms with Crippen LogP contribution in [0.3, 0.4) is 0 Å².